The second kappa shape index (κ2) is 7.92. The van der Waals surface area contributed by atoms with Crippen LogP contribution in [0.5, 0.6) is 0 Å². The molecule has 7 heteroatoms. The predicted octanol–water partition coefficient (Wildman–Crippen LogP) is 9.62. The molecular weight excluding hydrogens is 598 g/mol. The van der Waals surface area contributed by atoms with Crippen LogP contribution < -0.4 is 0 Å². The van der Waals surface area contributed by atoms with Crippen molar-refractivity contribution >= 4 is 16.8 Å². The zero-order valence-electron chi connectivity index (χ0n) is 24.4. The van der Waals surface area contributed by atoms with Crippen LogP contribution in [0.1, 0.15) is 57.6 Å². The first-order valence-corrected chi connectivity index (χ1v) is 16.3. The number of hydrogen-bond acceptors (Lipinski definition) is 1. The van der Waals surface area contributed by atoms with Crippen LogP contribution in [0.15, 0.2) is 91.0 Å². The molecule has 0 radical (unpaired) electrons. The van der Waals surface area contributed by atoms with Crippen LogP contribution in [0.4, 0.5) is 26.3 Å². The monoisotopic (exact) mass is 626 g/mol. The van der Waals surface area contributed by atoms with Gasteiger partial charge < -0.3 is 4.74 Å². The lowest BCUT2D eigenvalue weighted by atomic mass is 9.43. The number of alkyl halides is 6. The van der Waals surface area contributed by atoms with Gasteiger partial charge in [0.1, 0.15) is 0 Å². The number of benzene rings is 4. The van der Waals surface area contributed by atoms with E-state index in [1.54, 1.807) is 18.2 Å². The van der Waals surface area contributed by atoms with Crippen molar-refractivity contribution in [2.75, 3.05) is 0 Å². The molecule has 0 amide bonds. The zero-order chi connectivity index (χ0) is 31.1. The lowest BCUT2D eigenvalue weighted by Crippen LogP contribution is -2.64. The summed E-state index contributed by atoms with van der Waals surface area (Å²) < 4.78 is 102. The van der Waals surface area contributed by atoms with E-state index in [-0.39, 0.29) is 23.7 Å². The van der Waals surface area contributed by atoms with Crippen molar-refractivity contribution in [1.82, 2.24) is 0 Å². The fourth-order valence-electron chi connectivity index (χ4n) is 12.9. The summed E-state index contributed by atoms with van der Waals surface area (Å²) in [6.45, 7) is 0. The Hall–Kier alpha value is -3.58. The van der Waals surface area contributed by atoms with Crippen LogP contribution >= 0.6 is 0 Å². The van der Waals surface area contributed by atoms with Crippen LogP contribution in [0.25, 0.3) is 16.8 Å². The highest BCUT2D eigenvalue weighted by molar-refractivity contribution is 5.87. The molecule has 2 aliphatic heterocycles. The molecule has 0 spiro atoms. The molecule has 4 fully saturated rings. The van der Waals surface area contributed by atoms with Gasteiger partial charge in [0.2, 0.25) is 0 Å². The molecule has 2 saturated heterocycles. The summed E-state index contributed by atoms with van der Waals surface area (Å²) in [5, 5.41) is 1.56. The normalized spacial score (nSPS) is 41.6. The van der Waals surface area contributed by atoms with Crippen molar-refractivity contribution in [3.05, 3.63) is 124 Å². The largest absolute Gasteiger partial charge is 0.418 e. The molecule has 4 aromatic carbocycles. The number of halogens is 6. The molecule has 6 bridgehead atoms. The quantitative estimate of drug-likeness (QED) is 0.177. The molecule has 1 nitrogen and oxygen atoms in total. The third-order valence-corrected chi connectivity index (χ3v) is 13.7. The van der Waals surface area contributed by atoms with E-state index in [2.05, 4.69) is 24.3 Å². The van der Waals surface area contributed by atoms with E-state index in [0.29, 0.717) is 17.5 Å². The first kappa shape index (κ1) is 26.5. The minimum atomic E-state index is -5.00. The smallest absolute Gasteiger partial charge is 0.348 e. The van der Waals surface area contributed by atoms with Crippen LogP contribution in [-0.2, 0) is 4.74 Å². The molecule has 46 heavy (non-hydrogen) atoms. The van der Waals surface area contributed by atoms with E-state index in [9.17, 15) is 0 Å². The maximum atomic E-state index is 16.1. The number of fused-ring (bicyclic) bond motifs is 15. The molecule has 12 rings (SSSR count). The number of ether oxygens (including phenoxy) is 1. The first-order chi connectivity index (χ1) is 22.1. The van der Waals surface area contributed by atoms with Crippen molar-refractivity contribution < 1.29 is 31.1 Å². The Kier molecular flexibility index (Phi) is 4.56. The molecule has 2 heterocycles. The summed E-state index contributed by atoms with van der Waals surface area (Å²) in [6, 6.07) is 27.1. The predicted molar refractivity (Wildman–Crippen MR) is 160 cm³/mol. The van der Waals surface area contributed by atoms with Crippen molar-refractivity contribution in [2.45, 2.75) is 47.7 Å². The fraction of sp³-hybridized carbons (Fsp3) is 0.385. The summed E-state index contributed by atoms with van der Waals surface area (Å²) >= 11 is 0. The summed E-state index contributed by atoms with van der Waals surface area (Å²) in [5.74, 6) is -7.10. The first-order valence-electron chi connectivity index (χ1n) is 16.3. The second-order valence-electron chi connectivity index (χ2n) is 14.9. The Morgan fingerprint density at radius 1 is 0.587 bits per heavy atom. The molecule has 7 unspecified atom stereocenters. The Morgan fingerprint density at radius 3 is 1.59 bits per heavy atom. The number of hydrogen-bond donors (Lipinski definition) is 0. The van der Waals surface area contributed by atoms with Gasteiger partial charge in [-0.15, -0.1) is 0 Å². The maximum absolute atomic E-state index is 16.1. The van der Waals surface area contributed by atoms with E-state index in [1.807, 2.05) is 48.5 Å². The fourth-order valence-corrected chi connectivity index (χ4v) is 12.9. The third-order valence-electron chi connectivity index (χ3n) is 13.7. The highest BCUT2D eigenvalue weighted by Crippen LogP contribution is 2.85. The Morgan fingerprint density at radius 2 is 1.07 bits per heavy atom. The van der Waals surface area contributed by atoms with Crippen LogP contribution in [0.2, 0.25) is 0 Å². The maximum Gasteiger partial charge on any atom is 0.418 e. The average molecular weight is 627 g/mol. The van der Waals surface area contributed by atoms with Crippen LogP contribution in [0.3, 0.4) is 0 Å². The number of rotatable bonds is 0. The van der Waals surface area contributed by atoms with Gasteiger partial charge in [0.15, 0.2) is 11.2 Å². The zero-order valence-corrected chi connectivity index (χ0v) is 24.4. The topological polar surface area (TPSA) is 9.23 Å². The second-order valence-corrected chi connectivity index (χ2v) is 14.9. The Labute approximate surface area is 261 Å². The lowest BCUT2D eigenvalue weighted by molar-refractivity contribution is -0.323. The third kappa shape index (κ3) is 2.63. The van der Waals surface area contributed by atoms with Gasteiger partial charge in [-0.3, -0.25) is 0 Å². The molecular formula is C39H28F6O. The average Bonchev–Trinajstić information content (AvgIpc) is 3.79. The van der Waals surface area contributed by atoms with E-state index in [0.717, 1.165) is 33.0 Å². The van der Waals surface area contributed by atoms with E-state index < -0.39 is 59.1 Å². The van der Waals surface area contributed by atoms with Crippen molar-refractivity contribution in [2.24, 2.45) is 41.4 Å². The molecule has 232 valence electrons. The minimum Gasteiger partial charge on any atom is -0.348 e. The highest BCUT2D eigenvalue weighted by atomic mass is 19.4. The minimum absolute atomic E-state index is 0.130. The molecule has 0 aromatic heterocycles. The van der Waals surface area contributed by atoms with Gasteiger partial charge in [-0.1, -0.05) is 91.0 Å². The van der Waals surface area contributed by atoms with E-state index >= 15 is 26.3 Å². The van der Waals surface area contributed by atoms with Gasteiger partial charge >= 0.3 is 12.4 Å². The van der Waals surface area contributed by atoms with Gasteiger partial charge in [-0.2, -0.15) is 26.3 Å². The summed E-state index contributed by atoms with van der Waals surface area (Å²) in [4.78, 5) is 0. The van der Waals surface area contributed by atoms with Crippen LogP contribution in [-0.4, -0.2) is 23.6 Å². The standard InChI is InChI=1S/C39H28F6O/c40-38(41,42)36-28-14-13-20-15-18-7-1-2-8-19(18)16-25(20)33(28)37(46-36,39(43,44)45)35-27-17-26(34(35)36)31-29-21-9-3-5-11-23(21)30(32(27)31)24-12-6-4-10-22(24)29/h1-16,26-35H,17H2/t26?,27?,28-,29?,30?,31+,32?,33?,34+,35?,36?,37?/m1/s1. The van der Waals surface area contributed by atoms with Gasteiger partial charge in [0.05, 0.1) is 0 Å². The summed E-state index contributed by atoms with van der Waals surface area (Å²) in [5.41, 5.74) is -0.447. The Balaban J connectivity index is 1.18. The molecule has 2 saturated carbocycles. The van der Waals surface area contributed by atoms with Gasteiger partial charge in [-0.05, 0) is 80.3 Å². The molecule has 0 N–H and O–H groups in total. The summed E-state index contributed by atoms with van der Waals surface area (Å²) in [7, 11) is 0. The highest BCUT2D eigenvalue weighted by Gasteiger charge is 2.93. The summed E-state index contributed by atoms with van der Waals surface area (Å²) in [6.07, 6.45) is -6.57. The molecule has 6 aliphatic carbocycles. The Bertz CT molecular complexity index is 2000. The van der Waals surface area contributed by atoms with Crippen LogP contribution in [0, 0.1) is 41.4 Å². The van der Waals surface area contributed by atoms with Gasteiger partial charge in [-0.25, -0.2) is 0 Å². The van der Waals surface area contributed by atoms with Crippen molar-refractivity contribution in [3.63, 3.8) is 0 Å². The lowest BCUT2D eigenvalue weighted by Gasteiger charge is -2.59. The van der Waals surface area contributed by atoms with Crippen molar-refractivity contribution in [1.29, 1.82) is 0 Å². The molecule has 8 aliphatic rings. The van der Waals surface area contributed by atoms with Gasteiger partial charge in [0, 0.05) is 35.5 Å². The van der Waals surface area contributed by atoms with E-state index in [4.69, 9.17) is 4.74 Å². The molecule has 10 atom stereocenters. The SMILES string of the molecule is FC(F)(F)C12OC(C(F)(F)F)([C@H]3C4CC(C5C6c7ccccc7C(c7ccccc76)[C@@H]54)C31)[C@@H]1C=Cc3cc4ccccc4cc3C12. The van der Waals surface area contributed by atoms with Crippen molar-refractivity contribution in [3.8, 4) is 0 Å². The van der Waals surface area contributed by atoms with E-state index in [1.165, 1.54) is 6.08 Å². The van der Waals surface area contributed by atoms with Gasteiger partial charge in [0.25, 0.3) is 0 Å². The molecule has 4 aromatic rings.